The molecule has 0 spiro atoms. The molecular weight excluding hydrogens is 286 g/mol. The Kier molecular flexibility index (Phi) is 4.83. The SMILES string of the molecule is CCCCOC(=O)c1cc2[nH]c(C)nc2c(C)c1N=C=S. The predicted molar refractivity (Wildman–Crippen MR) is 85.4 cm³/mol. The number of aryl methyl sites for hydroxylation is 2. The van der Waals surface area contributed by atoms with Crippen molar-refractivity contribution in [2.75, 3.05) is 6.61 Å². The van der Waals surface area contributed by atoms with Crippen LogP contribution in [0.15, 0.2) is 11.1 Å². The van der Waals surface area contributed by atoms with Crippen molar-refractivity contribution in [3.8, 4) is 0 Å². The Morgan fingerprint density at radius 1 is 1.52 bits per heavy atom. The number of imidazole rings is 1. The first-order chi connectivity index (χ1) is 10.1. The number of hydrogen-bond acceptors (Lipinski definition) is 5. The molecule has 110 valence electrons. The fourth-order valence-electron chi connectivity index (χ4n) is 2.16. The number of ether oxygens (including phenoxy) is 1. The summed E-state index contributed by atoms with van der Waals surface area (Å²) in [5.74, 6) is 0.381. The second kappa shape index (κ2) is 6.61. The van der Waals surface area contributed by atoms with Crippen molar-refractivity contribution in [3.05, 3.63) is 23.0 Å². The number of nitrogens with one attached hydrogen (secondary N) is 1. The normalized spacial score (nSPS) is 10.4. The van der Waals surface area contributed by atoms with Gasteiger partial charge < -0.3 is 9.72 Å². The van der Waals surface area contributed by atoms with Crippen molar-refractivity contribution in [1.29, 1.82) is 0 Å². The highest BCUT2D eigenvalue weighted by atomic mass is 32.1. The molecule has 0 amide bonds. The predicted octanol–water partition coefficient (Wildman–Crippen LogP) is 3.87. The lowest BCUT2D eigenvalue weighted by atomic mass is 10.1. The van der Waals surface area contributed by atoms with Gasteiger partial charge in [0.05, 0.1) is 34.1 Å². The number of nitrogens with zero attached hydrogens (tertiary/aromatic N) is 2. The summed E-state index contributed by atoms with van der Waals surface area (Å²) in [6, 6.07) is 1.71. The maximum atomic E-state index is 12.2. The van der Waals surface area contributed by atoms with Crippen molar-refractivity contribution in [1.82, 2.24) is 9.97 Å². The molecule has 6 heteroatoms. The number of H-pyrrole nitrogens is 1. The van der Waals surface area contributed by atoms with E-state index in [1.807, 2.05) is 20.8 Å². The number of carbonyl (C=O) groups is 1. The van der Waals surface area contributed by atoms with Gasteiger partial charge in [0.25, 0.3) is 0 Å². The molecule has 1 N–H and O–H groups in total. The van der Waals surface area contributed by atoms with Gasteiger partial charge in [0.15, 0.2) is 0 Å². The van der Waals surface area contributed by atoms with Gasteiger partial charge in [0.1, 0.15) is 5.82 Å². The maximum absolute atomic E-state index is 12.2. The Morgan fingerprint density at radius 2 is 2.29 bits per heavy atom. The third kappa shape index (κ3) is 3.17. The van der Waals surface area contributed by atoms with Crippen LogP contribution in [0.5, 0.6) is 0 Å². The highest BCUT2D eigenvalue weighted by molar-refractivity contribution is 7.78. The van der Waals surface area contributed by atoms with E-state index in [1.165, 1.54) is 0 Å². The van der Waals surface area contributed by atoms with E-state index in [0.29, 0.717) is 17.9 Å². The molecule has 0 atom stereocenters. The van der Waals surface area contributed by atoms with Gasteiger partial charge in [-0.3, -0.25) is 0 Å². The number of aromatic amines is 1. The summed E-state index contributed by atoms with van der Waals surface area (Å²) >= 11 is 4.68. The van der Waals surface area contributed by atoms with Crippen molar-refractivity contribution >= 4 is 40.1 Å². The molecule has 5 nitrogen and oxygen atoms in total. The second-order valence-electron chi connectivity index (χ2n) is 4.81. The fraction of sp³-hybridized carbons (Fsp3) is 0.400. The van der Waals surface area contributed by atoms with Gasteiger partial charge in [-0.05, 0) is 38.6 Å². The Labute approximate surface area is 128 Å². The number of aliphatic imine (C=N–C) groups is 1. The van der Waals surface area contributed by atoms with E-state index >= 15 is 0 Å². The molecule has 0 aliphatic rings. The van der Waals surface area contributed by atoms with Crippen LogP contribution in [-0.4, -0.2) is 27.7 Å². The van der Waals surface area contributed by atoms with Gasteiger partial charge in [-0.1, -0.05) is 13.3 Å². The second-order valence-corrected chi connectivity index (χ2v) is 4.99. The summed E-state index contributed by atoms with van der Waals surface area (Å²) in [5.41, 5.74) is 3.22. The van der Waals surface area contributed by atoms with Crippen LogP contribution in [-0.2, 0) is 4.74 Å². The fourth-order valence-corrected chi connectivity index (χ4v) is 2.25. The first kappa shape index (κ1) is 15.4. The molecule has 1 aromatic carbocycles. The van der Waals surface area contributed by atoms with E-state index in [-0.39, 0.29) is 0 Å². The molecule has 1 aromatic heterocycles. The van der Waals surface area contributed by atoms with E-state index in [1.54, 1.807) is 6.07 Å². The monoisotopic (exact) mass is 303 g/mol. The van der Waals surface area contributed by atoms with Crippen LogP contribution in [0.1, 0.15) is 41.5 Å². The van der Waals surface area contributed by atoms with Gasteiger partial charge in [0.2, 0.25) is 0 Å². The molecule has 0 radical (unpaired) electrons. The molecule has 21 heavy (non-hydrogen) atoms. The Hall–Kier alpha value is -2.04. The molecule has 0 unspecified atom stereocenters. The van der Waals surface area contributed by atoms with E-state index in [2.05, 4.69) is 32.3 Å². The molecule has 2 aromatic rings. The number of fused-ring (bicyclic) bond motifs is 1. The number of isothiocyanates is 1. The maximum Gasteiger partial charge on any atom is 0.340 e. The summed E-state index contributed by atoms with van der Waals surface area (Å²) in [7, 11) is 0. The third-order valence-electron chi connectivity index (χ3n) is 3.21. The third-order valence-corrected chi connectivity index (χ3v) is 3.30. The number of hydrogen-bond donors (Lipinski definition) is 1. The Morgan fingerprint density at radius 3 is 2.95 bits per heavy atom. The van der Waals surface area contributed by atoms with Gasteiger partial charge >= 0.3 is 5.97 Å². The van der Waals surface area contributed by atoms with E-state index in [4.69, 9.17) is 4.74 Å². The van der Waals surface area contributed by atoms with Crippen molar-refractivity contribution < 1.29 is 9.53 Å². The van der Waals surface area contributed by atoms with Crippen LogP contribution in [0, 0.1) is 13.8 Å². The lowest BCUT2D eigenvalue weighted by Crippen LogP contribution is -2.07. The molecule has 0 fully saturated rings. The van der Waals surface area contributed by atoms with Gasteiger partial charge in [0, 0.05) is 5.56 Å². The van der Waals surface area contributed by atoms with Gasteiger partial charge in [-0.25, -0.2) is 9.78 Å². The zero-order valence-electron chi connectivity index (χ0n) is 12.3. The summed E-state index contributed by atoms with van der Waals surface area (Å²) in [4.78, 5) is 23.8. The average molecular weight is 303 g/mol. The number of carbonyl (C=O) groups excluding carboxylic acids is 1. The van der Waals surface area contributed by atoms with E-state index in [9.17, 15) is 4.79 Å². The largest absolute Gasteiger partial charge is 0.462 e. The van der Waals surface area contributed by atoms with Crippen LogP contribution < -0.4 is 0 Å². The number of rotatable bonds is 5. The zero-order chi connectivity index (χ0) is 15.4. The van der Waals surface area contributed by atoms with Crippen molar-refractivity contribution in [2.45, 2.75) is 33.6 Å². The summed E-state index contributed by atoms with van der Waals surface area (Å²) in [6.07, 6.45) is 1.80. The topological polar surface area (TPSA) is 67.3 Å². The average Bonchev–Trinajstić information content (AvgIpc) is 2.83. The van der Waals surface area contributed by atoms with Crippen molar-refractivity contribution in [2.24, 2.45) is 4.99 Å². The molecule has 0 aliphatic carbocycles. The van der Waals surface area contributed by atoms with Gasteiger partial charge in [-0.15, -0.1) is 0 Å². The first-order valence-electron chi connectivity index (χ1n) is 6.83. The quantitative estimate of drug-likeness (QED) is 0.394. The molecule has 0 saturated heterocycles. The number of unbranched alkanes of at least 4 members (excludes halogenated alkanes) is 1. The number of benzene rings is 1. The lowest BCUT2D eigenvalue weighted by Gasteiger charge is -2.08. The lowest BCUT2D eigenvalue weighted by molar-refractivity contribution is 0.0501. The number of thiocarbonyl (C=S) groups is 1. The van der Waals surface area contributed by atoms with Crippen LogP contribution in [0.25, 0.3) is 11.0 Å². The van der Waals surface area contributed by atoms with Gasteiger partial charge in [-0.2, -0.15) is 4.99 Å². The minimum absolute atomic E-state index is 0.386. The molecule has 2 rings (SSSR count). The molecule has 0 aliphatic heterocycles. The van der Waals surface area contributed by atoms with Crippen LogP contribution >= 0.6 is 12.2 Å². The molecular formula is C15H17N3O2S. The van der Waals surface area contributed by atoms with E-state index in [0.717, 1.165) is 35.3 Å². The van der Waals surface area contributed by atoms with Crippen LogP contribution in [0.4, 0.5) is 5.69 Å². The Balaban J connectivity index is 2.52. The molecule has 1 heterocycles. The Bertz CT molecular complexity index is 730. The van der Waals surface area contributed by atoms with E-state index < -0.39 is 5.97 Å². The smallest absolute Gasteiger partial charge is 0.340 e. The van der Waals surface area contributed by atoms with Crippen LogP contribution in [0.3, 0.4) is 0 Å². The summed E-state index contributed by atoms with van der Waals surface area (Å²) in [6.45, 7) is 6.16. The van der Waals surface area contributed by atoms with Crippen molar-refractivity contribution in [3.63, 3.8) is 0 Å². The number of esters is 1. The van der Waals surface area contributed by atoms with Crippen LogP contribution in [0.2, 0.25) is 0 Å². The zero-order valence-corrected chi connectivity index (χ0v) is 13.1. The number of aromatic nitrogens is 2. The molecule has 0 saturated carbocycles. The first-order valence-corrected chi connectivity index (χ1v) is 7.24. The minimum atomic E-state index is -0.398. The molecule has 0 bridgehead atoms. The highest BCUT2D eigenvalue weighted by Gasteiger charge is 2.19. The summed E-state index contributed by atoms with van der Waals surface area (Å²) in [5, 5.41) is 2.32. The standard InChI is InChI=1S/C15H17N3O2S/c1-4-5-6-20-15(19)11-7-12-14(18-10(3)17-12)9(2)13(11)16-8-21/h7H,4-6H2,1-3H3,(H,17,18). The highest BCUT2D eigenvalue weighted by Crippen LogP contribution is 2.31. The summed E-state index contributed by atoms with van der Waals surface area (Å²) < 4.78 is 5.27. The minimum Gasteiger partial charge on any atom is -0.462 e.